The number of rotatable bonds is 6. The Hall–Kier alpha value is -2.00. The van der Waals surface area contributed by atoms with Crippen molar-refractivity contribution in [2.24, 2.45) is 0 Å². The molecular weight excluding hydrogens is 316 g/mol. The van der Waals surface area contributed by atoms with Crippen LogP contribution in [0.5, 0.6) is 11.1 Å². The van der Waals surface area contributed by atoms with Crippen molar-refractivity contribution in [2.75, 3.05) is 44.8 Å². The molecule has 0 atom stereocenters. The molecule has 9 heteroatoms. The van der Waals surface area contributed by atoms with Gasteiger partial charge < -0.3 is 14.4 Å². The van der Waals surface area contributed by atoms with E-state index in [0.717, 1.165) is 43.7 Å². The number of hydrogen-bond donors (Lipinski definition) is 0. The first-order valence-corrected chi connectivity index (χ1v) is 8.39. The minimum absolute atomic E-state index is 0.592. The van der Waals surface area contributed by atoms with Crippen LogP contribution in [0.2, 0.25) is 0 Å². The fourth-order valence-corrected chi connectivity index (χ4v) is 3.17. The Morgan fingerprint density at radius 2 is 2.04 bits per heavy atom. The molecule has 1 fully saturated rings. The van der Waals surface area contributed by atoms with Gasteiger partial charge in [0.15, 0.2) is 0 Å². The molecule has 0 spiro atoms. The summed E-state index contributed by atoms with van der Waals surface area (Å²) in [7, 11) is 1.61. The molecule has 0 radical (unpaired) electrons. The minimum Gasteiger partial charge on any atom is -0.481 e. The topological polar surface area (TPSA) is 76.5 Å². The van der Waals surface area contributed by atoms with E-state index in [0.29, 0.717) is 17.7 Å². The van der Waals surface area contributed by atoms with Crippen LogP contribution in [0.25, 0.3) is 0 Å². The van der Waals surface area contributed by atoms with Crippen molar-refractivity contribution in [2.45, 2.75) is 13.5 Å². The van der Waals surface area contributed by atoms with E-state index in [9.17, 15) is 0 Å². The lowest BCUT2D eigenvalue weighted by Crippen LogP contribution is -2.46. The van der Waals surface area contributed by atoms with Crippen molar-refractivity contribution in [3.05, 3.63) is 17.3 Å². The monoisotopic (exact) mass is 336 g/mol. The second kappa shape index (κ2) is 7.51. The zero-order valence-corrected chi connectivity index (χ0v) is 14.1. The van der Waals surface area contributed by atoms with Crippen LogP contribution in [0.3, 0.4) is 0 Å². The van der Waals surface area contributed by atoms with Crippen LogP contribution in [-0.2, 0) is 6.54 Å². The maximum absolute atomic E-state index is 5.36. The van der Waals surface area contributed by atoms with Gasteiger partial charge in [-0.2, -0.15) is 4.98 Å². The summed E-state index contributed by atoms with van der Waals surface area (Å²) in [6.07, 6.45) is 1.73. The van der Waals surface area contributed by atoms with E-state index in [1.165, 1.54) is 11.3 Å². The molecule has 0 aromatic carbocycles. The van der Waals surface area contributed by atoms with Gasteiger partial charge in [-0.15, -0.1) is 10.2 Å². The molecule has 0 bridgehead atoms. The summed E-state index contributed by atoms with van der Waals surface area (Å²) in [5.74, 6) is 1.31. The quantitative estimate of drug-likeness (QED) is 0.775. The van der Waals surface area contributed by atoms with Crippen molar-refractivity contribution in [1.29, 1.82) is 0 Å². The molecule has 1 aliphatic rings. The lowest BCUT2D eigenvalue weighted by molar-refractivity contribution is 0.247. The maximum Gasteiger partial charge on any atom is 0.294 e. The van der Waals surface area contributed by atoms with Gasteiger partial charge in [-0.1, -0.05) is 11.3 Å². The van der Waals surface area contributed by atoms with Crippen molar-refractivity contribution < 1.29 is 9.47 Å². The number of nitrogens with zero attached hydrogens (tertiary/aromatic N) is 6. The van der Waals surface area contributed by atoms with Crippen molar-refractivity contribution >= 4 is 17.3 Å². The van der Waals surface area contributed by atoms with Crippen LogP contribution in [0.4, 0.5) is 5.95 Å². The van der Waals surface area contributed by atoms with Crippen molar-refractivity contribution in [3.63, 3.8) is 0 Å². The molecule has 2 aromatic rings. The third-order valence-corrected chi connectivity index (χ3v) is 4.38. The van der Waals surface area contributed by atoms with E-state index in [2.05, 4.69) is 30.0 Å². The lowest BCUT2D eigenvalue weighted by atomic mass is 10.3. The van der Waals surface area contributed by atoms with E-state index in [-0.39, 0.29) is 0 Å². The summed E-state index contributed by atoms with van der Waals surface area (Å²) in [6.45, 7) is 7.00. The molecule has 23 heavy (non-hydrogen) atoms. The molecule has 3 rings (SSSR count). The molecule has 0 saturated carbocycles. The standard InChI is InChI=1S/C14H20N6O2S/c1-3-22-14-18-17-12(23-14)10-19-6-8-20(9-7-19)13-15-5-4-11(16-13)21-2/h4-5H,3,6-10H2,1-2H3. The summed E-state index contributed by atoms with van der Waals surface area (Å²) in [5.41, 5.74) is 0. The number of methoxy groups -OCH3 is 1. The number of ether oxygens (including phenoxy) is 2. The highest BCUT2D eigenvalue weighted by Gasteiger charge is 2.20. The largest absolute Gasteiger partial charge is 0.481 e. The summed E-state index contributed by atoms with van der Waals surface area (Å²) in [5, 5.41) is 9.83. The normalized spacial score (nSPS) is 15.7. The van der Waals surface area contributed by atoms with E-state index in [4.69, 9.17) is 9.47 Å². The van der Waals surface area contributed by atoms with Gasteiger partial charge in [0.2, 0.25) is 11.8 Å². The van der Waals surface area contributed by atoms with Gasteiger partial charge in [0.25, 0.3) is 5.19 Å². The average molecular weight is 336 g/mol. The molecule has 124 valence electrons. The van der Waals surface area contributed by atoms with Gasteiger partial charge in [0, 0.05) is 38.4 Å². The number of piperazine rings is 1. The fraction of sp³-hybridized carbons (Fsp3) is 0.571. The SMILES string of the molecule is CCOc1nnc(CN2CCN(c3nccc(OC)n3)CC2)s1. The van der Waals surface area contributed by atoms with E-state index in [1.807, 2.05) is 6.92 Å². The molecule has 2 aromatic heterocycles. The first-order valence-electron chi connectivity index (χ1n) is 7.58. The van der Waals surface area contributed by atoms with Gasteiger partial charge >= 0.3 is 0 Å². The highest BCUT2D eigenvalue weighted by atomic mass is 32.1. The Kier molecular flexibility index (Phi) is 5.19. The lowest BCUT2D eigenvalue weighted by Gasteiger charge is -2.34. The number of aromatic nitrogens is 4. The zero-order valence-electron chi connectivity index (χ0n) is 13.3. The highest BCUT2D eigenvalue weighted by Crippen LogP contribution is 2.20. The first kappa shape index (κ1) is 15.9. The molecule has 8 nitrogen and oxygen atoms in total. The maximum atomic E-state index is 5.36. The smallest absolute Gasteiger partial charge is 0.294 e. The third-order valence-electron chi connectivity index (χ3n) is 3.56. The Balaban J connectivity index is 1.53. The second-order valence-electron chi connectivity index (χ2n) is 5.06. The van der Waals surface area contributed by atoms with Gasteiger partial charge in [0.05, 0.1) is 20.3 Å². The predicted octanol–water partition coefficient (Wildman–Crippen LogP) is 1.06. The fourth-order valence-electron chi connectivity index (χ4n) is 2.38. The molecule has 0 unspecified atom stereocenters. The molecule has 3 heterocycles. The van der Waals surface area contributed by atoms with Crippen LogP contribution < -0.4 is 14.4 Å². The first-order chi connectivity index (χ1) is 11.3. The van der Waals surface area contributed by atoms with Crippen LogP contribution in [-0.4, -0.2) is 65.0 Å². The summed E-state index contributed by atoms with van der Waals surface area (Å²) >= 11 is 1.51. The third kappa shape index (κ3) is 4.05. The molecule has 1 aliphatic heterocycles. The van der Waals surface area contributed by atoms with Crippen LogP contribution in [0.15, 0.2) is 12.3 Å². The Morgan fingerprint density at radius 1 is 1.22 bits per heavy atom. The van der Waals surface area contributed by atoms with Crippen LogP contribution >= 0.6 is 11.3 Å². The highest BCUT2D eigenvalue weighted by molar-refractivity contribution is 7.13. The predicted molar refractivity (Wildman–Crippen MR) is 87.2 cm³/mol. The minimum atomic E-state index is 0.592. The number of anilines is 1. The van der Waals surface area contributed by atoms with Gasteiger partial charge in [-0.3, -0.25) is 4.90 Å². The van der Waals surface area contributed by atoms with E-state index in [1.54, 1.807) is 19.4 Å². The van der Waals surface area contributed by atoms with Crippen molar-refractivity contribution in [3.8, 4) is 11.1 Å². The van der Waals surface area contributed by atoms with Crippen molar-refractivity contribution in [1.82, 2.24) is 25.1 Å². The number of hydrogen-bond acceptors (Lipinski definition) is 9. The van der Waals surface area contributed by atoms with Crippen LogP contribution in [0.1, 0.15) is 11.9 Å². The molecule has 0 N–H and O–H groups in total. The second-order valence-corrected chi connectivity index (χ2v) is 6.08. The van der Waals surface area contributed by atoms with Gasteiger partial charge in [-0.05, 0) is 6.92 Å². The summed E-state index contributed by atoms with van der Waals surface area (Å²) in [6, 6.07) is 1.76. The summed E-state index contributed by atoms with van der Waals surface area (Å²) < 4.78 is 10.5. The molecule has 0 aliphatic carbocycles. The molecule has 1 saturated heterocycles. The van der Waals surface area contributed by atoms with Crippen LogP contribution in [0, 0.1) is 0 Å². The Labute approximate surface area is 139 Å². The Bertz CT molecular complexity index is 629. The average Bonchev–Trinajstić information content (AvgIpc) is 3.03. The van der Waals surface area contributed by atoms with Gasteiger partial charge in [-0.25, -0.2) is 4.98 Å². The Morgan fingerprint density at radius 3 is 2.78 bits per heavy atom. The zero-order chi connectivity index (χ0) is 16.1. The summed E-state index contributed by atoms with van der Waals surface area (Å²) in [4.78, 5) is 13.2. The molecule has 0 amide bonds. The molecular formula is C14H20N6O2S. The van der Waals surface area contributed by atoms with E-state index >= 15 is 0 Å². The van der Waals surface area contributed by atoms with E-state index < -0.39 is 0 Å². The van der Waals surface area contributed by atoms with Gasteiger partial charge in [0.1, 0.15) is 5.01 Å².